The van der Waals surface area contributed by atoms with Gasteiger partial charge in [0.2, 0.25) is 0 Å². The van der Waals surface area contributed by atoms with Gasteiger partial charge in [0.25, 0.3) is 0 Å². The Morgan fingerprint density at radius 1 is 1.14 bits per heavy atom. The molecule has 0 bridgehead atoms. The summed E-state index contributed by atoms with van der Waals surface area (Å²) in [5, 5.41) is 0.660. The van der Waals surface area contributed by atoms with Crippen LogP contribution in [0.4, 0.5) is 0 Å². The third-order valence-electron chi connectivity index (χ3n) is 3.16. The normalized spacial score (nSPS) is 10.9. The van der Waals surface area contributed by atoms with Gasteiger partial charge in [0.05, 0.1) is 11.6 Å². The van der Waals surface area contributed by atoms with Crippen LogP contribution in [0.25, 0.3) is 0 Å². The highest BCUT2D eigenvalue weighted by Crippen LogP contribution is 2.26. The van der Waals surface area contributed by atoms with Crippen LogP contribution in [0.15, 0.2) is 18.2 Å². The van der Waals surface area contributed by atoms with E-state index in [1.54, 1.807) is 0 Å². The van der Waals surface area contributed by atoms with Gasteiger partial charge in [0.1, 0.15) is 5.75 Å². The van der Waals surface area contributed by atoms with Crippen LogP contribution < -0.4 is 4.74 Å². The highest BCUT2D eigenvalue weighted by atomic mass is 35.5. The van der Waals surface area contributed by atoms with Crippen LogP contribution in [0.5, 0.6) is 5.75 Å². The van der Waals surface area contributed by atoms with Crippen LogP contribution in [0, 0.1) is 5.92 Å². The van der Waals surface area contributed by atoms with E-state index in [1.807, 2.05) is 18.2 Å². The number of rotatable bonds is 10. The van der Waals surface area contributed by atoms with Gasteiger partial charge in [-0.2, -0.15) is 0 Å². The molecule has 2 nitrogen and oxygen atoms in total. The van der Waals surface area contributed by atoms with Crippen LogP contribution in [0.3, 0.4) is 0 Å². The van der Waals surface area contributed by atoms with Crippen LogP contribution in [0.2, 0.25) is 5.02 Å². The van der Waals surface area contributed by atoms with Crippen molar-refractivity contribution in [2.45, 2.75) is 26.8 Å². The van der Waals surface area contributed by atoms with Crippen molar-refractivity contribution < 1.29 is 4.74 Å². The Morgan fingerprint density at radius 3 is 2.27 bits per heavy atom. The molecule has 1 aromatic rings. The van der Waals surface area contributed by atoms with Gasteiger partial charge in [-0.05, 0) is 30.0 Å². The fraction of sp³-hybridized carbons (Fsp3) is 0.625. The van der Waals surface area contributed by atoms with Crippen LogP contribution >= 0.6 is 47.2 Å². The molecule has 0 unspecified atom stereocenters. The van der Waals surface area contributed by atoms with Crippen molar-refractivity contribution in [1.82, 2.24) is 4.90 Å². The molecule has 0 N–H and O–H groups in total. The van der Waals surface area contributed by atoms with Crippen molar-refractivity contribution in [3.63, 3.8) is 0 Å². The van der Waals surface area contributed by atoms with Gasteiger partial charge in [0.15, 0.2) is 0 Å². The third-order valence-corrected chi connectivity index (χ3v) is 3.79. The quantitative estimate of drug-likeness (QED) is 0.493. The summed E-state index contributed by atoms with van der Waals surface area (Å²) >= 11 is 17.9. The molecular weight excluding hydrogens is 364 g/mol. The minimum Gasteiger partial charge on any atom is -0.492 e. The molecule has 1 rings (SSSR count). The second-order valence-electron chi connectivity index (χ2n) is 5.45. The molecule has 0 aliphatic heterocycles. The van der Waals surface area contributed by atoms with Gasteiger partial charge in [-0.3, -0.25) is 4.90 Å². The lowest BCUT2D eigenvalue weighted by Gasteiger charge is -2.20. The smallest absolute Gasteiger partial charge is 0.137 e. The zero-order chi connectivity index (χ0) is 15.7. The minimum absolute atomic E-state index is 0. The summed E-state index contributed by atoms with van der Waals surface area (Å²) in [7, 11) is 0. The van der Waals surface area contributed by atoms with Crippen molar-refractivity contribution >= 4 is 47.2 Å². The molecular formula is C16H25Cl4NO. The number of hydrogen-bond acceptors (Lipinski definition) is 2. The van der Waals surface area contributed by atoms with E-state index in [-0.39, 0.29) is 12.4 Å². The second kappa shape index (κ2) is 12.5. The maximum Gasteiger partial charge on any atom is 0.137 e. The SMILES string of the molecule is CC(C)CCOc1ccc(CN(CCCl)CCCl)cc1Cl.Cl. The van der Waals surface area contributed by atoms with Crippen molar-refractivity contribution in [3.05, 3.63) is 28.8 Å². The number of alkyl halides is 2. The van der Waals surface area contributed by atoms with E-state index in [0.717, 1.165) is 37.4 Å². The van der Waals surface area contributed by atoms with Crippen molar-refractivity contribution in [1.29, 1.82) is 0 Å². The van der Waals surface area contributed by atoms with Crippen LogP contribution in [-0.2, 0) is 6.54 Å². The molecule has 0 aromatic heterocycles. The van der Waals surface area contributed by atoms with Crippen LogP contribution in [0.1, 0.15) is 25.8 Å². The molecule has 0 amide bonds. The molecule has 0 fully saturated rings. The molecule has 0 saturated carbocycles. The summed E-state index contributed by atoms with van der Waals surface area (Å²) in [6.07, 6.45) is 1.03. The lowest BCUT2D eigenvalue weighted by atomic mass is 10.1. The van der Waals surface area contributed by atoms with Gasteiger partial charge in [-0.1, -0.05) is 31.5 Å². The monoisotopic (exact) mass is 387 g/mol. The summed E-state index contributed by atoms with van der Waals surface area (Å²) in [5.74, 6) is 2.58. The first-order valence-electron chi connectivity index (χ1n) is 7.32. The fourth-order valence-electron chi connectivity index (χ4n) is 1.93. The predicted molar refractivity (Wildman–Crippen MR) is 100 cm³/mol. The standard InChI is InChI=1S/C16H24Cl3NO.ClH/c1-13(2)5-10-21-16-4-3-14(11-15(16)19)12-20(8-6-17)9-7-18;/h3-4,11,13H,5-10,12H2,1-2H3;1H. The minimum atomic E-state index is 0. The maximum absolute atomic E-state index is 6.29. The van der Waals surface area contributed by atoms with E-state index in [9.17, 15) is 0 Å². The topological polar surface area (TPSA) is 12.5 Å². The third kappa shape index (κ3) is 8.69. The maximum atomic E-state index is 6.29. The summed E-state index contributed by atoms with van der Waals surface area (Å²) < 4.78 is 5.71. The van der Waals surface area contributed by atoms with Gasteiger partial charge in [-0.15, -0.1) is 35.6 Å². The van der Waals surface area contributed by atoms with E-state index in [4.69, 9.17) is 39.5 Å². The summed E-state index contributed by atoms with van der Waals surface area (Å²) in [6.45, 7) is 7.48. The molecule has 0 saturated heterocycles. The highest BCUT2D eigenvalue weighted by molar-refractivity contribution is 6.32. The van der Waals surface area contributed by atoms with Crippen LogP contribution in [-0.4, -0.2) is 36.4 Å². The fourth-order valence-corrected chi connectivity index (χ4v) is 2.67. The Hall–Kier alpha value is 0.140. The van der Waals surface area contributed by atoms with E-state index in [0.29, 0.717) is 29.3 Å². The first-order chi connectivity index (χ1) is 10.1. The molecule has 1 aromatic carbocycles. The number of nitrogens with zero attached hydrogens (tertiary/aromatic N) is 1. The number of hydrogen-bond donors (Lipinski definition) is 0. The number of benzene rings is 1. The predicted octanol–water partition coefficient (Wildman–Crippen LogP) is 5.47. The van der Waals surface area contributed by atoms with E-state index >= 15 is 0 Å². The molecule has 0 spiro atoms. The summed E-state index contributed by atoms with van der Waals surface area (Å²) in [5.41, 5.74) is 1.14. The molecule has 128 valence electrons. The Bertz CT molecular complexity index is 409. The number of halogens is 4. The first-order valence-corrected chi connectivity index (χ1v) is 8.77. The van der Waals surface area contributed by atoms with Gasteiger partial charge in [0, 0.05) is 31.4 Å². The average molecular weight is 389 g/mol. The lowest BCUT2D eigenvalue weighted by molar-refractivity contribution is 0.288. The summed E-state index contributed by atoms with van der Waals surface area (Å²) in [6, 6.07) is 5.95. The van der Waals surface area contributed by atoms with E-state index in [1.165, 1.54) is 0 Å². The van der Waals surface area contributed by atoms with Crippen molar-refractivity contribution in [2.24, 2.45) is 5.92 Å². The average Bonchev–Trinajstić information content (AvgIpc) is 2.41. The molecule has 0 aliphatic rings. The van der Waals surface area contributed by atoms with Gasteiger partial charge >= 0.3 is 0 Å². The molecule has 0 heterocycles. The first kappa shape index (κ1) is 22.1. The Labute approximate surface area is 155 Å². The molecule has 6 heteroatoms. The zero-order valence-corrected chi connectivity index (χ0v) is 16.2. The molecule has 0 radical (unpaired) electrons. The van der Waals surface area contributed by atoms with Crippen molar-refractivity contribution in [3.8, 4) is 5.75 Å². The Morgan fingerprint density at radius 2 is 1.77 bits per heavy atom. The van der Waals surface area contributed by atoms with E-state index in [2.05, 4.69) is 18.7 Å². The largest absolute Gasteiger partial charge is 0.492 e. The highest BCUT2D eigenvalue weighted by Gasteiger charge is 2.08. The lowest BCUT2D eigenvalue weighted by Crippen LogP contribution is -2.27. The molecule has 22 heavy (non-hydrogen) atoms. The molecule has 0 atom stereocenters. The van der Waals surface area contributed by atoms with Gasteiger partial charge in [-0.25, -0.2) is 0 Å². The number of ether oxygens (including phenoxy) is 1. The Balaban J connectivity index is 0.00000441. The van der Waals surface area contributed by atoms with E-state index < -0.39 is 0 Å². The second-order valence-corrected chi connectivity index (χ2v) is 6.61. The molecule has 0 aliphatic carbocycles. The Kier molecular flexibility index (Phi) is 12.6. The zero-order valence-electron chi connectivity index (χ0n) is 13.2. The summed E-state index contributed by atoms with van der Waals surface area (Å²) in [4.78, 5) is 2.21. The van der Waals surface area contributed by atoms with Crippen molar-refractivity contribution in [2.75, 3.05) is 31.5 Å². The van der Waals surface area contributed by atoms with Gasteiger partial charge < -0.3 is 4.74 Å².